The molecule has 0 saturated carbocycles. The second kappa shape index (κ2) is 7.58. The van der Waals surface area contributed by atoms with Crippen molar-refractivity contribution in [3.63, 3.8) is 0 Å². The van der Waals surface area contributed by atoms with Crippen LogP contribution in [-0.4, -0.2) is 36.6 Å². The summed E-state index contributed by atoms with van der Waals surface area (Å²) in [5.74, 6) is 0.291. The largest absolute Gasteiger partial charge is 0.484 e. The fraction of sp³-hybridized carbons (Fsp3) is 0.353. The molecule has 1 heterocycles. The highest BCUT2D eigenvalue weighted by atomic mass is 16.5. The fourth-order valence-corrected chi connectivity index (χ4v) is 1.99. The summed E-state index contributed by atoms with van der Waals surface area (Å²) in [5.41, 5.74) is 1.75. The van der Waals surface area contributed by atoms with Gasteiger partial charge in [0, 0.05) is 14.1 Å². The lowest BCUT2D eigenvalue weighted by molar-refractivity contribution is 0.0513. The Bertz CT molecular complexity index is 672. The molecular formula is C17H21N3O3. The molecule has 0 saturated heterocycles. The van der Waals surface area contributed by atoms with E-state index in [-0.39, 0.29) is 12.3 Å². The summed E-state index contributed by atoms with van der Waals surface area (Å²) in [4.78, 5) is 22.6. The van der Waals surface area contributed by atoms with Gasteiger partial charge < -0.3 is 14.4 Å². The third-order valence-electron chi connectivity index (χ3n) is 3.12. The number of anilines is 1. The molecular weight excluding hydrogens is 294 g/mol. The van der Waals surface area contributed by atoms with Crippen molar-refractivity contribution >= 4 is 11.9 Å². The Kier molecular flexibility index (Phi) is 5.51. The standard InChI is InChI=1S/C17H21N3O3/c1-5-22-16(21)14-15(12(2)18-17(19-14)20(3)4)23-11-13-9-7-6-8-10-13/h6-10H,5,11H2,1-4H3. The van der Waals surface area contributed by atoms with Gasteiger partial charge in [-0.05, 0) is 19.4 Å². The van der Waals surface area contributed by atoms with Gasteiger partial charge in [0.15, 0.2) is 11.4 Å². The molecule has 0 fully saturated rings. The molecule has 0 spiro atoms. The highest BCUT2D eigenvalue weighted by Gasteiger charge is 2.21. The second-order valence-electron chi connectivity index (χ2n) is 5.18. The number of hydrogen-bond donors (Lipinski definition) is 0. The van der Waals surface area contributed by atoms with E-state index in [0.29, 0.717) is 24.0 Å². The van der Waals surface area contributed by atoms with Crippen LogP contribution in [0.3, 0.4) is 0 Å². The van der Waals surface area contributed by atoms with Crippen molar-refractivity contribution in [3.05, 3.63) is 47.3 Å². The van der Waals surface area contributed by atoms with Crippen LogP contribution in [-0.2, 0) is 11.3 Å². The Morgan fingerprint density at radius 2 is 1.87 bits per heavy atom. The molecule has 0 aliphatic rings. The van der Waals surface area contributed by atoms with Crippen LogP contribution in [0.1, 0.15) is 28.7 Å². The van der Waals surface area contributed by atoms with E-state index in [0.717, 1.165) is 5.56 Å². The molecule has 0 amide bonds. The van der Waals surface area contributed by atoms with Gasteiger partial charge in [0.25, 0.3) is 0 Å². The monoisotopic (exact) mass is 315 g/mol. The van der Waals surface area contributed by atoms with Crippen LogP contribution in [0.4, 0.5) is 5.95 Å². The Labute approximate surface area is 136 Å². The molecule has 1 aromatic heterocycles. The summed E-state index contributed by atoms with van der Waals surface area (Å²) in [6.45, 7) is 4.15. The van der Waals surface area contributed by atoms with Crippen molar-refractivity contribution in [2.45, 2.75) is 20.5 Å². The van der Waals surface area contributed by atoms with Crippen molar-refractivity contribution in [3.8, 4) is 5.75 Å². The van der Waals surface area contributed by atoms with Crippen LogP contribution >= 0.6 is 0 Å². The third kappa shape index (κ3) is 4.18. The zero-order valence-electron chi connectivity index (χ0n) is 13.9. The third-order valence-corrected chi connectivity index (χ3v) is 3.12. The van der Waals surface area contributed by atoms with Crippen molar-refractivity contribution in [1.82, 2.24) is 9.97 Å². The summed E-state index contributed by atoms with van der Waals surface area (Å²) in [6, 6.07) is 9.71. The number of aryl methyl sites for hydroxylation is 1. The lowest BCUT2D eigenvalue weighted by Crippen LogP contribution is -2.18. The predicted molar refractivity (Wildman–Crippen MR) is 87.8 cm³/mol. The molecule has 2 rings (SSSR count). The molecule has 0 aliphatic heterocycles. The average molecular weight is 315 g/mol. The van der Waals surface area contributed by atoms with Gasteiger partial charge in [-0.2, -0.15) is 0 Å². The van der Waals surface area contributed by atoms with Gasteiger partial charge in [-0.15, -0.1) is 0 Å². The van der Waals surface area contributed by atoms with E-state index in [1.807, 2.05) is 44.4 Å². The van der Waals surface area contributed by atoms with Gasteiger partial charge in [0.05, 0.1) is 12.3 Å². The average Bonchev–Trinajstić information content (AvgIpc) is 2.54. The number of nitrogens with zero attached hydrogens (tertiary/aromatic N) is 3. The summed E-state index contributed by atoms with van der Waals surface area (Å²) in [7, 11) is 3.63. The number of hydrogen-bond acceptors (Lipinski definition) is 6. The molecule has 23 heavy (non-hydrogen) atoms. The zero-order valence-corrected chi connectivity index (χ0v) is 13.9. The zero-order chi connectivity index (χ0) is 16.8. The van der Waals surface area contributed by atoms with E-state index in [1.54, 1.807) is 18.7 Å². The molecule has 0 unspecified atom stereocenters. The van der Waals surface area contributed by atoms with Crippen LogP contribution < -0.4 is 9.64 Å². The number of benzene rings is 1. The van der Waals surface area contributed by atoms with E-state index in [2.05, 4.69) is 9.97 Å². The van der Waals surface area contributed by atoms with Crippen LogP contribution in [0.15, 0.2) is 30.3 Å². The number of carbonyl (C=O) groups is 1. The second-order valence-corrected chi connectivity index (χ2v) is 5.18. The Morgan fingerprint density at radius 3 is 2.48 bits per heavy atom. The number of aromatic nitrogens is 2. The summed E-state index contributed by atoms with van der Waals surface area (Å²) in [5, 5.41) is 0. The minimum absolute atomic E-state index is 0.152. The van der Waals surface area contributed by atoms with E-state index in [9.17, 15) is 4.79 Å². The van der Waals surface area contributed by atoms with Gasteiger partial charge in [-0.25, -0.2) is 14.8 Å². The normalized spacial score (nSPS) is 10.3. The number of rotatable bonds is 6. The van der Waals surface area contributed by atoms with Gasteiger partial charge in [0.2, 0.25) is 5.95 Å². The van der Waals surface area contributed by atoms with Crippen molar-refractivity contribution in [2.75, 3.05) is 25.6 Å². The first kappa shape index (κ1) is 16.7. The fourth-order valence-electron chi connectivity index (χ4n) is 1.99. The van der Waals surface area contributed by atoms with Gasteiger partial charge in [-0.1, -0.05) is 30.3 Å². The molecule has 0 bridgehead atoms. The maximum absolute atomic E-state index is 12.2. The molecule has 1 aromatic carbocycles. The number of ether oxygens (including phenoxy) is 2. The van der Waals surface area contributed by atoms with Crippen molar-refractivity contribution < 1.29 is 14.3 Å². The first-order valence-electron chi connectivity index (χ1n) is 7.42. The Hall–Kier alpha value is -2.63. The number of carbonyl (C=O) groups excluding carboxylic acids is 1. The maximum Gasteiger partial charge on any atom is 0.361 e. The maximum atomic E-state index is 12.2. The topological polar surface area (TPSA) is 64.5 Å². The molecule has 0 aliphatic carbocycles. The Morgan fingerprint density at radius 1 is 1.17 bits per heavy atom. The van der Waals surface area contributed by atoms with E-state index in [4.69, 9.17) is 9.47 Å². The van der Waals surface area contributed by atoms with Crippen LogP contribution in [0, 0.1) is 6.92 Å². The quantitative estimate of drug-likeness (QED) is 0.764. The van der Waals surface area contributed by atoms with Crippen LogP contribution in [0.2, 0.25) is 0 Å². The summed E-state index contributed by atoms with van der Waals surface area (Å²) < 4.78 is 10.9. The minimum atomic E-state index is -0.510. The van der Waals surface area contributed by atoms with Crippen LogP contribution in [0.5, 0.6) is 5.75 Å². The van der Waals surface area contributed by atoms with Crippen molar-refractivity contribution in [2.24, 2.45) is 0 Å². The molecule has 2 aromatic rings. The van der Waals surface area contributed by atoms with E-state index < -0.39 is 5.97 Å². The SMILES string of the molecule is CCOC(=O)c1nc(N(C)C)nc(C)c1OCc1ccccc1. The lowest BCUT2D eigenvalue weighted by Gasteiger charge is -2.16. The summed E-state index contributed by atoms with van der Waals surface area (Å²) in [6.07, 6.45) is 0. The van der Waals surface area contributed by atoms with Gasteiger partial charge in [-0.3, -0.25) is 0 Å². The summed E-state index contributed by atoms with van der Waals surface area (Å²) >= 11 is 0. The van der Waals surface area contributed by atoms with Crippen LogP contribution in [0.25, 0.3) is 0 Å². The first-order chi connectivity index (χ1) is 11.0. The lowest BCUT2D eigenvalue weighted by atomic mass is 10.2. The molecule has 0 N–H and O–H groups in total. The molecule has 6 nitrogen and oxygen atoms in total. The van der Waals surface area contributed by atoms with E-state index in [1.165, 1.54) is 0 Å². The van der Waals surface area contributed by atoms with Gasteiger partial charge >= 0.3 is 5.97 Å². The molecule has 6 heteroatoms. The predicted octanol–water partition coefficient (Wildman–Crippen LogP) is 2.61. The van der Waals surface area contributed by atoms with E-state index >= 15 is 0 Å². The highest BCUT2D eigenvalue weighted by Crippen LogP contribution is 2.25. The molecule has 122 valence electrons. The highest BCUT2D eigenvalue weighted by molar-refractivity contribution is 5.91. The first-order valence-corrected chi connectivity index (χ1v) is 7.42. The molecule has 0 radical (unpaired) electrons. The Balaban J connectivity index is 2.34. The number of esters is 1. The minimum Gasteiger partial charge on any atom is -0.484 e. The smallest absolute Gasteiger partial charge is 0.361 e. The van der Waals surface area contributed by atoms with Gasteiger partial charge in [0.1, 0.15) is 6.61 Å². The van der Waals surface area contributed by atoms with Crippen molar-refractivity contribution in [1.29, 1.82) is 0 Å². The molecule has 0 atom stereocenters.